The van der Waals surface area contributed by atoms with Crippen molar-refractivity contribution in [3.8, 4) is 5.75 Å². The minimum atomic E-state index is -0.681. The molecule has 1 saturated heterocycles. The van der Waals surface area contributed by atoms with Gasteiger partial charge in [-0.2, -0.15) is 0 Å². The molecule has 7 nitrogen and oxygen atoms in total. The standard InChI is InChI=1S/C17H22N2O5/c1-17-9-13(14(20)23-4)19(16(21)24-5)15(17)18(2)12-7-6-10(22-3)8-11(12)17/h6-8,13,15H,9H2,1-5H3/t13-,15?,17-/m0/s1. The second-order valence-electron chi connectivity index (χ2n) is 6.41. The molecule has 0 aromatic heterocycles. The van der Waals surface area contributed by atoms with Crippen LogP contribution in [0.4, 0.5) is 10.5 Å². The third kappa shape index (κ3) is 2.03. The van der Waals surface area contributed by atoms with Gasteiger partial charge in [-0.1, -0.05) is 6.92 Å². The number of benzene rings is 1. The van der Waals surface area contributed by atoms with Crippen molar-refractivity contribution < 1.29 is 23.8 Å². The van der Waals surface area contributed by atoms with E-state index in [1.807, 2.05) is 30.1 Å². The topological polar surface area (TPSA) is 68.3 Å². The number of anilines is 1. The Labute approximate surface area is 141 Å². The van der Waals surface area contributed by atoms with Crippen LogP contribution in [0, 0.1) is 0 Å². The first kappa shape index (κ1) is 16.4. The number of carbonyl (C=O) groups is 2. The monoisotopic (exact) mass is 334 g/mol. The van der Waals surface area contributed by atoms with E-state index >= 15 is 0 Å². The maximum Gasteiger partial charge on any atom is 0.411 e. The number of carbonyl (C=O) groups excluding carboxylic acids is 2. The summed E-state index contributed by atoms with van der Waals surface area (Å²) in [7, 11) is 6.18. The lowest BCUT2D eigenvalue weighted by molar-refractivity contribution is -0.145. The van der Waals surface area contributed by atoms with Crippen molar-refractivity contribution in [1.82, 2.24) is 4.90 Å². The maximum absolute atomic E-state index is 12.4. The highest BCUT2D eigenvalue weighted by atomic mass is 16.5. The van der Waals surface area contributed by atoms with E-state index in [4.69, 9.17) is 14.2 Å². The summed E-state index contributed by atoms with van der Waals surface area (Å²) in [6, 6.07) is 5.15. The Balaban J connectivity index is 2.13. The summed E-state index contributed by atoms with van der Waals surface area (Å²) < 4.78 is 15.2. The van der Waals surface area contributed by atoms with Gasteiger partial charge < -0.3 is 19.1 Å². The quantitative estimate of drug-likeness (QED) is 0.768. The molecule has 0 spiro atoms. The smallest absolute Gasteiger partial charge is 0.411 e. The van der Waals surface area contributed by atoms with E-state index in [1.54, 1.807) is 7.11 Å². The van der Waals surface area contributed by atoms with E-state index < -0.39 is 23.5 Å². The molecule has 24 heavy (non-hydrogen) atoms. The zero-order chi connectivity index (χ0) is 17.6. The number of rotatable bonds is 2. The summed E-state index contributed by atoms with van der Waals surface area (Å²) in [5.41, 5.74) is 1.64. The summed E-state index contributed by atoms with van der Waals surface area (Å²) in [4.78, 5) is 28.1. The molecule has 0 aliphatic carbocycles. The number of ether oxygens (including phenoxy) is 3. The van der Waals surface area contributed by atoms with E-state index in [9.17, 15) is 9.59 Å². The van der Waals surface area contributed by atoms with Crippen LogP contribution in [0.15, 0.2) is 18.2 Å². The van der Waals surface area contributed by atoms with Crippen LogP contribution in [0.3, 0.4) is 0 Å². The first-order valence-corrected chi connectivity index (χ1v) is 7.74. The Kier molecular flexibility index (Phi) is 3.81. The fourth-order valence-electron chi connectivity index (χ4n) is 4.15. The van der Waals surface area contributed by atoms with Crippen LogP contribution in [-0.4, -0.2) is 57.5 Å². The molecular weight excluding hydrogens is 312 g/mol. The Morgan fingerprint density at radius 1 is 1.21 bits per heavy atom. The van der Waals surface area contributed by atoms with Crippen molar-refractivity contribution in [3.05, 3.63) is 23.8 Å². The van der Waals surface area contributed by atoms with Crippen molar-refractivity contribution in [3.63, 3.8) is 0 Å². The van der Waals surface area contributed by atoms with Crippen LogP contribution >= 0.6 is 0 Å². The molecule has 1 amide bonds. The summed E-state index contributed by atoms with van der Waals surface area (Å²) in [5, 5.41) is 0. The molecule has 7 heteroatoms. The van der Waals surface area contributed by atoms with Crippen molar-refractivity contribution in [1.29, 1.82) is 0 Å². The van der Waals surface area contributed by atoms with E-state index in [-0.39, 0.29) is 6.17 Å². The first-order chi connectivity index (χ1) is 11.4. The van der Waals surface area contributed by atoms with Gasteiger partial charge in [0.2, 0.25) is 0 Å². The Hall–Kier alpha value is -2.44. The Morgan fingerprint density at radius 3 is 2.50 bits per heavy atom. The number of hydrogen-bond acceptors (Lipinski definition) is 6. The number of methoxy groups -OCH3 is 3. The number of esters is 1. The van der Waals surface area contributed by atoms with Gasteiger partial charge in [0.1, 0.15) is 18.0 Å². The first-order valence-electron chi connectivity index (χ1n) is 7.74. The molecule has 130 valence electrons. The molecule has 0 bridgehead atoms. The SMILES string of the molecule is COC(=O)[C@@H]1C[C@@]2(C)c3cc(OC)ccc3N(C)C2N1C(=O)OC. The molecule has 0 saturated carbocycles. The number of hydrogen-bond donors (Lipinski definition) is 0. The van der Waals surface area contributed by atoms with Crippen molar-refractivity contribution >= 4 is 17.7 Å². The third-order valence-corrected chi connectivity index (χ3v) is 5.21. The van der Waals surface area contributed by atoms with E-state index in [0.717, 1.165) is 17.0 Å². The van der Waals surface area contributed by atoms with Gasteiger partial charge in [-0.3, -0.25) is 4.90 Å². The summed E-state index contributed by atoms with van der Waals surface area (Å²) in [5.74, 6) is 0.309. The molecule has 1 aromatic rings. The molecule has 0 N–H and O–H groups in total. The highest BCUT2D eigenvalue weighted by Crippen LogP contribution is 2.54. The van der Waals surface area contributed by atoms with Gasteiger partial charge in [0, 0.05) is 18.2 Å². The number of nitrogens with zero attached hydrogens (tertiary/aromatic N) is 2. The number of likely N-dealkylation sites (N-methyl/N-ethyl adjacent to an activating group) is 1. The lowest BCUT2D eigenvalue weighted by atomic mass is 9.80. The van der Waals surface area contributed by atoms with E-state index in [2.05, 4.69) is 6.92 Å². The molecule has 2 heterocycles. The molecule has 0 radical (unpaired) electrons. The Morgan fingerprint density at radius 2 is 1.92 bits per heavy atom. The van der Waals surface area contributed by atoms with Crippen LogP contribution < -0.4 is 9.64 Å². The van der Waals surface area contributed by atoms with Gasteiger partial charge in [0.25, 0.3) is 0 Å². The number of likely N-dealkylation sites (tertiary alicyclic amines) is 1. The highest BCUT2D eigenvalue weighted by molar-refractivity contribution is 5.85. The van der Waals surface area contributed by atoms with E-state index in [1.165, 1.54) is 19.1 Å². The molecule has 3 rings (SSSR count). The fraction of sp³-hybridized carbons (Fsp3) is 0.529. The van der Waals surface area contributed by atoms with Gasteiger partial charge in [0.15, 0.2) is 0 Å². The zero-order valence-electron chi connectivity index (χ0n) is 14.5. The third-order valence-electron chi connectivity index (χ3n) is 5.21. The van der Waals surface area contributed by atoms with Crippen molar-refractivity contribution in [2.75, 3.05) is 33.3 Å². The van der Waals surface area contributed by atoms with Gasteiger partial charge in [-0.25, -0.2) is 9.59 Å². The van der Waals surface area contributed by atoms with Crippen LogP contribution in [-0.2, 0) is 19.7 Å². The summed E-state index contributed by atoms with van der Waals surface area (Å²) in [6.45, 7) is 2.05. The maximum atomic E-state index is 12.4. The van der Waals surface area contributed by atoms with Crippen LogP contribution in [0.1, 0.15) is 18.9 Å². The van der Waals surface area contributed by atoms with Gasteiger partial charge in [-0.15, -0.1) is 0 Å². The van der Waals surface area contributed by atoms with Crippen molar-refractivity contribution in [2.45, 2.75) is 31.0 Å². The minimum Gasteiger partial charge on any atom is -0.497 e. The Bertz CT molecular complexity index is 692. The van der Waals surface area contributed by atoms with Crippen LogP contribution in [0.25, 0.3) is 0 Å². The van der Waals surface area contributed by atoms with Gasteiger partial charge in [0.05, 0.1) is 21.3 Å². The van der Waals surface area contributed by atoms with Crippen molar-refractivity contribution in [2.24, 2.45) is 0 Å². The predicted molar refractivity (Wildman–Crippen MR) is 87.2 cm³/mol. The summed E-state index contributed by atoms with van der Waals surface area (Å²) in [6.07, 6.45) is -0.397. The molecule has 1 fully saturated rings. The normalized spacial score (nSPS) is 27.5. The molecular formula is C17H22N2O5. The van der Waals surface area contributed by atoms with Crippen LogP contribution in [0.5, 0.6) is 5.75 Å². The lowest BCUT2D eigenvalue weighted by Gasteiger charge is -2.34. The average Bonchev–Trinajstić information content (AvgIpc) is 3.03. The van der Waals surface area contributed by atoms with Gasteiger partial charge in [-0.05, 0) is 30.2 Å². The van der Waals surface area contributed by atoms with Crippen LogP contribution in [0.2, 0.25) is 0 Å². The van der Waals surface area contributed by atoms with Gasteiger partial charge >= 0.3 is 12.1 Å². The molecule has 2 aliphatic heterocycles. The molecule has 2 aliphatic rings. The molecule has 3 atom stereocenters. The fourth-order valence-corrected chi connectivity index (χ4v) is 4.15. The van der Waals surface area contributed by atoms with E-state index in [0.29, 0.717) is 6.42 Å². The second-order valence-corrected chi connectivity index (χ2v) is 6.41. The molecule has 1 unspecified atom stereocenters. The average molecular weight is 334 g/mol. The predicted octanol–water partition coefficient (Wildman–Crippen LogP) is 1.74. The largest absolute Gasteiger partial charge is 0.497 e. The number of fused-ring (bicyclic) bond motifs is 3. The highest BCUT2D eigenvalue weighted by Gasteiger charge is 2.61. The number of amides is 1. The minimum absolute atomic E-state index is 0.323. The summed E-state index contributed by atoms with van der Waals surface area (Å²) >= 11 is 0. The second kappa shape index (κ2) is 5.58. The zero-order valence-corrected chi connectivity index (χ0v) is 14.5. The molecule has 1 aromatic carbocycles. The lowest BCUT2D eigenvalue weighted by Crippen LogP contribution is -2.53.